The number of carbonyl (C=O) groups excluding carboxylic acids is 2. The molecule has 6 heteroatoms. The third kappa shape index (κ3) is 5.06. The number of fused-ring (bicyclic) bond motifs is 1. The summed E-state index contributed by atoms with van der Waals surface area (Å²) in [6, 6.07) is 13.5. The summed E-state index contributed by atoms with van der Waals surface area (Å²) in [5, 5.41) is 2.89. The minimum absolute atomic E-state index is 0.00975. The Hall–Kier alpha value is -3.15. The van der Waals surface area contributed by atoms with Gasteiger partial charge in [-0.15, -0.1) is 0 Å². The highest BCUT2D eigenvalue weighted by molar-refractivity contribution is 5.84. The lowest BCUT2D eigenvalue weighted by Crippen LogP contribution is -2.30. The Morgan fingerprint density at radius 3 is 2.70 bits per heavy atom. The smallest absolute Gasteiger partial charge is 0.257 e. The first kappa shape index (κ1) is 21.6. The molecule has 0 bridgehead atoms. The van der Waals surface area contributed by atoms with Crippen LogP contribution < -0.4 is 10.1 Å². The second-order valence-electron chi connectivity index (χ2n) is 7.68. The maximum Gasteiger partial charge on any atom is 0.257 e. The van der Waals surface area contributed by atoms with Crippen LogP contribution in [0.4, 0.5) is 0 Å². The molecule has 0 saturated heterocycles. The van der Waals surface area contributed by atoms with Crippen LogP contribution in [-0.2, 0) is 16.0 Å². The van der Waals surface area contributed by atoms with E-state index in [9.17, 15) is 9.59 Å². The maximum atomic E-state index is 12.1. The molecule has 1 amide bonds. The fourth-order valence-electron chi connectivity index (χ4n) is 3.42. The SMILES string of the molecule is CC(=O)C(C)n1c(CCCNC(=O)COc2cc(C)ccc2C)nc2ccccc21. The number of rotatable bonds is 9. The molecule has 0 aliphatic rings. The van der Waals surface area contributed by atoms with E-state index in [0.717, 1.165) is 40.2 Å². The molecule has 2 aromatic carbocycles. The summed E-state index contributed by atoms with van der Waals surface area (Å²) in [6.45, 7) is 7.95. The van der Waals surface area contributed by atoms with E-state index >= 15 is 0 Å². The number of benzene rings is 2. The Morgan fingerprint density at radius 2 is 1.93 bits per heavy atom. The second kappa shape index (κ2) is 9.57. The molecule has 0 spiro atoms. The van der Waals surface area contributed by atoms with Crippen LogP contribution in [0.15, 0.2) is 42.5 Å². The Bertz CT molecular complexity index is 1060. The molecule has 1 N–H and O–H groups in total. The summed E-state index contributed by atoms with van der Waals surface area (Å²) < 4.78 is 7.65. The minimum Gasteiger partial charge on any atom is -0.483 e. The number of ether oxygens (including phenoxy) is 1. The summed E-state index contributed by atoms with van der Waals surface area (Å²) in [7, 11) is 0. The van der Waals surface area contributed by atoms with Crippen LogP contribution in [-0.4, -0.2) is 34.4 Å². The average Bonchev–Trinajstić information content (AvgIpc) is 3.09. The van der Waals surface area contributed by atoms with Crippen LogP contribution >= 0.6 is 0 Å². The lowest BCUT2D eigenvalue weighted by Gasteiger charge is -2.15. The molecule has 0 fully saturated rings. The number of para-hydroxylation sites is 2. The van der Waals surface area contributed by atoms with E-state index in [0.29, 0.717) is 13.0 Å². The van der Waals surface area contributed by atoms with Crippen molar-refractivity contribution < 1.29 is 14.3 Å². The number of amides is 1. The van der Waals surface area contributed by atoms with Crippen molar-refractivity contribution in [2.75, 3.05) is 13.2 Å². The van der Waals surface area contributed by atoms with Crippen LogP contribution in [0.25, 0.3) is 11.0 Å². The van der Waals surface area contributed by atoms with E-state index in [1.54, 1.807) is 6.92 Å². The van der Waals surface area contributed by atoms with Crippen LogP contribution in [0.2, 0.25) is 0 Å². The molecule has 1 aromatic heterocycles. The zero-order valence-electron chi connectivity index (χ0n) is 18.1. The minimum atomic E-state index is -0.270. The molecular weight excluding hydrogens is 378 g/mol. The van der Waals surface area contributed by atoms with Gasteiger partial charge in [-0.3, -0.25) is 9.59 Å². The van der Waals surface area contributed by atoms with Gasteiger partial charge < -0.3 is 14.6 Å². The van der Waals surface area contributed by atoms with Gasteiger partial charge in [-0.1, -0.05) is 24.3 Å². The monoisotopic (exact) mass is 407 g/mol. The number of aryl methyl sites for hydroxylation is 3. The van der Waals surface area contributed by atoms with Gasteiger partial charge in [-0.25, -0.2) is 4.98 Å². The Labute approximate surface area is 177 Å². The molecule has 0 aliphatic heterocycles. The molecule has 1 heterocycles. The van der Waals surface area contributed by atoms with Gasteiger partial charge in [0.1, 0.15) is 11.6 Å². The van der Waals surface area contributed by atoms with Crippen molar-refractivity contribution in [2.24, 2.45) is 0 Å². The first-order valence-electron chi connectivity index (χ1n) is 10.3. The van der Waals surface area contributed by atoms with E-state index in [2.05, 4.69) is 5.32 Å². The van der Waals surface area contributed by atoms with Crippen molar-refractivity contribution in [3.8, 4) is 5.75 Å². The van der Waals surface area contributed by atoms with Crippen molar-refractivity contribution >= 4 is 22.7 Å². The molecule has 30 heavy (non-hydrogen) atoms. The molecule has 1 unspecified atom stereocenters. The van der Waals surface area contributed by atoms with Crippen molar-refractivity contribution in [2.45, 2.75) is 46.6 Å². The first-order valence-corrected chi connectivity index (χ1v) is 10.3. The molecule has 158 valence electrons. The van der Waals surface area contributed by atoms with Gasteiger partial charge in [-0.05, 0) is 63.4 Å². The lowest BCUT2D eigenvalue weighted by molar-refractivity contribution is -0.123. The van der Waals surface area contributed by atoms with E-state index in [-0.39, 0.29) is 24.3 Å². The number of nitrogens with zero attached hydrogens (tertiary/aromatic N) is 2. The number of imidazole rings is 1. The molecule has 3 rings (SSSR count). The first-order chi connectivity index (χ1) is 14.4. The van der Waals surface area contributed by atoms with Gasteiger partial charge in [0.25, 0.3) is 5.91 Å². The Morgan fingerprint density at radius 1 is 1.17 bits per heavy atom. The van der Waals surface area contributed by atoms with Crippen LogP contribution in [0.5, 0.6) is 5.75 Å². The molecule has 0 radical (unpaired) electrons. The van der Waals surface area contributed by atoms with Crippen LogP contribution in [0.3, 0.4) is 0 Å². The number of hydrogen-bond donors (Lipinski definition) is 1. The molecule has 6 nitrogen and oxygen atoms in total. The Balaban J connectivity index is 1.54. The summed E-state index contributed by atoms with van der Waals surface area (Å²) >= 11 is 0. The highest BCUT2D eigenvalue weighted by atomic mass is 16.5. The largest absolute Gasteiger partial charge is 0.483 e. The second-order valence-corrected chi connectivity index (χ2v) is 7.68. The van der Waals surface area contributed by atoms with Gasteiger partial charge in [0, 0.05) is 13.0 Å². The number of ketones is 1. The third-order valence-electron chi connectivity index (χ3n) is 5.25. The zero-order chi connectivity index (χ0) is 21.7. The van der Waals surface area contributed by atoms with Crippen molar-refractivity contribution in [3.05, 3.63) is 59.4 Å². The number of carbonyl (C=O) groups is 2. The van der Waals surface area contributed by atoms with Crippen molar-refractivity contribution in [1.29, 1.82) is 0 Å². The zero-order valence-corrected chi connectivity index (χ0v) is 18.1. The third-order valence-corrected chi connectivity index (χ3v) is 5.25. The molecule has 0 aliphatic carbocycles. The predicted octanol–water partition coefficient (Wildman–Crippen LogP) is 3.93. The fraction of sp³-hybridized carbons (Fsp3) is 0.375. The molecule has 1 atom stereocenters. The van der Waals surface area contributed by atoms with E-state index < -0.39 is 0 Å². The summed E-state index contributed by atoms with van der Waals surface area (Å²) in [4.78, 5) is 28.8. The van der Waals surface area contributed by atoms with Gasteiger partial charge >= 0.3 is 0 Å². The Kier molecular flexibility index (Phi) is 6.87. The lowest BCUT2D eigenvalue weighted by atomic mass is 10.1. The predicted molar refractivity (Wildman–Crippen MR) is 118 cm³/mol. The summed E-state index contributed by atoms with van der Waals surface area (Å²) in [5.74, 6) is 1.54. The molecule has 3 aromatic rings. The quantitative estimate of drug-likeness (QED) is 0.546. The van der Waals surface area contributed by atoms with Gasteiger partial charge in [0.05, 0.1) is 17.1 Å². The van der Waals surface area contributed by atoms with Gasteiger partial charge in [0.2, 0.25) is 0 Å². The number of Topliss-reactive ketones (excluding diaryl/α,β-unsaturated/α-hetero) is 1. The van der Waals surface area contributed by atoms with Crippen LogP contribution in [0.1, 0.15) is 43.3 Å². The van der Waals surface area contributed by atoms with Crippen molar-refractivity contribution in [3.63, 3.8) is 0 Å². The van der Waals surface area contributed by atoms with Crippen LogP contribution in [0, 0.1) is 13.8 Å². The number of hydrogen-bond acceptors (Lipinski definition) is 4. The summed E-state index contributed by atoms with van der Waals surface area (Å²) in [6.07, 6.45) is 1.40. The van der Waals surface area contributed by atoms with E-state index in [1.165, 1.54) is 0 Å². The van der Waals surface area contributed by atoms with E-state index in [4.69, 9.17) is 9.72 Å². The average molecular weight is 408 g/mol. The number of nitrogens with one attached hydrogen (secondary N) is 1. The molecular formula is C24H29N3O3. The van der Waals surface area contributed by atoms with Gasteiger partial charge in [0.15, 0.2) is 12.4 Å². The standard InChI is InChI=1S/C24H29N3O3/c1-16-11-12-17(2)22(14-16)30-15-24(29)25-13-7-10-23-26-20-8-5-6-9-21(20)27(23)18(3)19(4)28/h5-6,8-9,11-12,14,18H,7,10,13,15H2,1-4H3,(H,25,29). The number of aromatic nitrogens is 2. The highest BCUT2D eigenvalue weighted by Crippen LogP contribution is 2.22. The normalized spacial score (nSPS) is 12.0. The topological polar surface area (TPSA) is 73.2 Å². The maximum absolute atomic E-state index is 12.1. The van der Waals surface area contributed by atoms with Crippen molar-refractivity contribution in [1.82, 2.24) is 14.9 Å². The highest BCUT2D eigenvalue weighted by Gasteiger charge is 2.18. The summed E-state index contributed by atoms with van der Waals surface area (Å²) in [5.41, 5.74) is 3.94. The molecule has 0 saturated carbocycles. The fourth-order valence-corrected chi connectivity index (χ4v) is 3.42. The van der Waals surface area contributed by atoms with E-state index in [1.807, 2.05) is 67.8 Å². The van der Waals surface area contributed by atoms with Gasteiger partial charge in [-0.2, -0.15) is 0 Å².